The van der Waals surface area contributed by atoms with Gasteiger partial charge >= 0.3 is 0 Å². The molecule has 0 spiro atoms. The molecule has 0 aromatic carbocycles. The van der Waals surface area contributed by atoms with Crippen molar-refractivity contribution in [3.05, 3.63) is 0 Å². The van der Waals surface area contributed by atoms with Crippen molar-refractivity contribution in [2.24, 2.45) is 17.1 Å². The van der Waals surface area contributed by atoms with Crippen molar-refractivity contribution >= 4 is 23.1 Å². The van der Waals surface area contributed by atoms with E-state index < -0.39 is 5.41 Å². The van der Waals surface area contributed by atoms with E-state index in [2.05, 4.69) is 4.90 Å². The maximum Gasteiger partial charge on any atom is 0.235 e. The van der Waals surface area contributed by atoms with Crippen LogP contribution in [0.5, 0.6) is 0 Å². The SMILES string of the molecule is NC(=S)C1(C(=O)N2CCC3CCCCC32)CCCC1. The standard InChI is InChI=1S/C15H24N2OS/c16-13(19)15(8-3-4-9-15)14(18)17-10-7-11-5-1-2-6-12(11)17/h11-12H,1-10H2,(H2,16,19). The number of likely N-dealkylation sites (tertiary alicyclic amines) is 1. The summed E-state index contributed by atoms with van der Waals surface area (Å²) in [6, 6.07) is 0.480. The van der Waals surface area contributed by atoms with Crippen LogP contribution in [0, 0.1) is 11.3 Å². The minimum atomic E-state index is -0.498. The maximum absolute atomic E-state index is 13.0. The third-order valence-electron chi connectivity index (χ3n) is 5.61. The largest absolute Gasteiger partial charge is 0.392 e. The molecule has 2 N–H and O–H groups in total. The fourth-order valence-electron chi connectivity index (χ4n) is 4.48. The van der Waals surface area contributed by atoms with Crippen molar-refractivity contribution in [3.63, 3.8) is 0 Å². The van der Waals surface area contributed by atoms with Gasteiger partial charge in [-0.2, -0.15) is 0 Å². The van der Waals surface area contributed by atoms with Gasteiger partial charge in [0.2, 0.25) is 5.91 Å². The highest BCUT2D eigenvalue weighted by Gasteiger charge is 2.50. The lowest BCUT2D eigenvalue weighted by Gasteiger charge is -2.37. The van der Waals surface area contributed by atoms with Crippen LogP contribution < -0.4 is 5.73 Å². The zero-order valence-corrected chi connectivity index (χ0v) is 12.4. The molecule has 0 aromatic heterocycles. The van der Waals surface area contributed by atoms with Gasteiger partial charge in [0.05, 0.1) is 10.4 Å². The highest BCUT2D eigenvalue weighted by Crippen LogP contribution is 2.44. The van der Waals surface area contributed by atoms with E-state index in [1.54, 1.807) is 0 Å². The van der Waals surface area contributed by atoms with Gasteiger partial charge in [0, 0.05) is 12.6 Å². The molecule has 3 rings (SSSR count). The number of fused-ring (bicyclic) bond motifs is 1. The minimum Gasteiger partial charge on any atom is -0.392 e. The van der Waals surface area contributed by atoms with E-state index in [-0.39, 0.29) is 5.91 Å². The predicted molar refractivity (Wildman–Crippen MR) is 79.8 cm³/mol. The summed E-state index contributed by atoms with van der Waals surface area (Å²) in [5, 5.41) is 0. The molecule has 1 heterocycles. The lowest BCUT2D eigenvalue weighted by molar-refractivity contribution is -0.139. The Morgan fingerprint density at radius 3 is 2.47 bits per heavy atom. The van der Waals surface area contributed by atoms with Gasteiger partial charge in [0.1, 0.15) is 0 Å². The van der Waals surface area contributed by atoms with Crippen LogP contribution in [0.3, 0.4) is 0 Å². The summed E-state index contributed by atoms with van der Waals surface area (Å²) in [7, 11) is 0. The van der Waals surface area contributed by atoms with Crippen molar-refractivity contribution in [1.82, 2.24) is 4.90 Å². The van der Waals surface area contributed by atoms with Crippen molar-refractivity contribution in [2.45, 2.75) is 63.8 Å². The van der Waals surface area contributed by atoms with E-state index in [1.165, 1.54) is 32.1 Å². The summed E-state index contributed by atoms with van der Waals surface area (Å²) in [5.41, 5.74) is 5.45. The van der Waals surface area contributed by atoms with Crippen LogP contribution in [0.4, 0.5) is 0 Å². The smallest absolute Gasteiger partial charge is 0.235 e. The van der Waals surface area contributed by atoms with Crippen LogP contribution in [0.25, 0.3) is 0 Å². The molecule has 1 aliphatic heterocycles. The predicted octanol–water partition coefficient (Wildman–Crippen LogP) is 2.62. The zero-order chi connectivity index (χ0) is 13.5. The Kier molecular flexibility index (Phi) is 3.54. The number of thiocarbonyl (C=S) groups is 1. The Morgan fingerprint density at radius 1 is 1.11 bits per heavy atom. The van der Waals surface area contributed by atoms with Crippen LogP contribution >= 0.6 is 12.2 Å². The maximum atomic E-state index is 13.0. The fourth-order valence-corrected chi connectivity index (χ4v) is 4.77. The minimum absolute atomic E-state index is 0.256. The van der Waals surface area contributed by atoms with E-state index in [4.69, 9.17) is 18.0 Å². The van der Waals surface area contributed by atoms with Gasteiger partial charge in [0.25, 0.3) is 0 Å². The Labute approximate surface area is 120 Å². The molecule has 3 fully saturated rings. The third-order valence-corrected chi connectivity index (χ3v) is 6.00. The molecule has 2 unspecified atom stereocenters. The molecule has 0 bridgehead atoms. The van der Waals surface area contributed by atoms with E-state index in [0.29, 0.717) is 11.0 Å². The highest BCUT2D eigenvalue weighted by molar-refractivity contribution is 7.80. The lowest BCUT2D eigenvalue weighted by Crippen LogP contribution is -2.51. The molecule has 2 atom stereocenters. The molecule has 3 aliphatic rings. The average Bonchev–Trinajstić information content (AvgIpc) is 3.06. The van der Waals surface area contributed by atoms with Crippen molar-refractivity contribution in [1.29, 1.82) is 0 Å². The number of carbonyl (C=O) groups is 1. The van der Waals surface area contributed by atoms with Crippen molar-refractivity contribution in [2.75, 3.05) is 6.54 Å². The summed E-state index contributed by atoms with van der Waals surface area (Å²) in [5.74, 6) is 0.995. The molecule has 0 aromatic rings. The first-order valence-corrected chi connectivity index (χ1v) is 8.17. The van der Waals surface area contributed by atoms with E-state index >= 15 is 0 Å². The molecular weight excluding hydrogens is 256 g/mol. The lowest BCUT2D eigenvalue weighted by atomic mass is 9.82. The van der Waals surface area contributed by atoms with E-state index in [9.17, 15) is 4.79 Å². The van der Waals surface area contributed by atoms with Gasteiger partial charge < -0.3 is 10.6 Å². The van der Waals surface area contributed by atoms with Crippen molar-refractivity contribution in [3.8, 4) is 0 Å². The van der Waals surface area contributed by atoms with Gasteiger partial charge in [-0.05, 0) is 38.0 Å². The van der Waals surface area contributed by atoms with Gasteiger partial charge in [-0.1, -0.05) is 37.9 Å². The number of carbonyl (C=O) groups excluding carboxylic acids is 1. The molecule has 19 heavy (non-hydrogen) atoms. The number of nitrogens with two attached hydrogens (primary N) is 1. The number of amides is 1. The first-order valence-electron chi connectivity index (χ1n) is 7.76. The van der Waals surface area contributed by atoms with E-state index in [1.807, 2.05) is 0 Å². The number of nitrogens with zero attached hydrogens (tertiary/aromatic N) is 1. The van der Waals surface area contributed by atoms with Gasteiger partial charge in [-0.15, -0.1) is 0 Å². The second-order valence-electron chi connectivity index (χ2n) is 6.55. The molecule has 106 valence electrons. The summed E-state index contributed by atoms with van der Waals surface area (Å²) in [6.07, 6.45) is 10.2. The normalized spacial score (nSPS) is 33.2. The zero-order valence-electron chi connectivity index (χ0n) is 11.6. The second-order valence-corrected chi connectivity index (χ2v) is 6.99. The number of hydrogen-bond acceptors (Lipinski definition) is 2. The summed E-state index contributed by atoms with van der Waals surface area (Å²) < 4.78 is 0. The Hall–Kier alpha value is -0.640. The molecule has 3 nitrogen and oxygen atoms in total. The van der Waals surface area contributed by atoms with Gasteiger partial charge in [-0.3, -0.25) is 4.79 Å². The topological polar surface area (TPSA) is 46.3 Å². The molecular formula is C15H24N2OS. The quantitative estimate of drug-likeness (QED) is 0.791. The molecule has 4 heteroatoms. The molecule has 1 amide bonds. The van der Waals surface area contributed by atoms with Crippen LogP contribution in [0.2, 0.25) is 0 Å². The van der Waals surface area contributed by atoms with Crippen molar-refractivity contribution < 1.29 is 4.79 Å². The van der Waals surface area contributed by atoms with Crippen LogP contribution in [0.15, 0.2) is 0 Å². The number of hydrogen-bond donors (Lipinski definition) is 1. The Bertz CT molecular complexity index is 390. The van der Waals surface area contributed by atoms with Crippen LogP contribution in [-0.4, -0.2) is 28.4 Å². The first kappa shape index (κ1) is 13.3. The molecule has 0 radical (unpaired) electrons. The summed E-state index contributed by atoms with van der Waals surface area (Å²) >= 11 is 5.26. The molecule has 2 aliphatic carbocycles. The van der Waals surface area contributed by atoms with Crippen LogP contribution in [-0.2, 0) is 4.79 Å². The monoisotopic (exact) mass is 280 g/mol. The summed E-state index contributed by atoms with van der Waals surface area (Å²) in [6.45, 7) is 0.929. The van der Waals surface area contributed by atoms with Crippen LogP contribution in [0.1, 0.15) is 57.8 Å². The molecule has 2 saturated carbocycles. The van der Waals surface area contributed by atoms with E-state index in [0.717, 1.165) is 38.1 Å². The molecule has 1 saturated heterocycles. The number of rotatable bonds is 2. The highest BCUT2D eigenvalue weighted by atomic mass is 32.1. The third kappa shape index (κ3) is 2.08. The second kappa shape index (κ2) is 5.04. The average molecular weight is 280 g/mol. The van der Waals surface area contributed by atoms with Gasteiger partial charge in [0.15, 0.2) is 0 Å². The van der Waals surface area contributed by atoms with Gasteiger partial charge in [-0.25, -0.2) is 0 Å². The summed E-state index contributed by atoms with van der Waals surface area (Å²) in [4.78, 5) is 15.6. The first-order chi connectivity index (χ1) is 9.15. The Balaban J connectivity index is 1.81. The Morgan fingerprint density at radius 2 is 1.79 bits per heavy atom. The fraction of sp³-hybridized carbons (Fsp3) is 0.867.